The van der Waals surface area contributed by atoms with Crippen molar-refractivity contribution < 1.29 is 50.2 Å². The van der Waals surface area contributed by atoms with Crippen LogP contribution in [0.5, 0.6) is 0 Å². The van der Waals surface area contributed by atoms with Gasteiger partial charge in [-0.2, -0.15) is 0 Å². The van der Waals surface area contributed by atoms with E-state index in [4.69, 9.17) is 0 Å². The molecule has 0 atom stereocenters. The van der Waals surface area contributed by atoms with Gasteiger partial charge in [0.1, 0.15) is 20.2 Å². The molecule has 0 spiro atoms. The first-order chi connectivity index (χ1) is 10.6. The van der Waals surface area contributed by atoms with Crippen molar-refractivity contribution in [3.05, 3.63) is 43.0 Å². The van der Waals surface area contributed by atoms with Crippen LogP contribution in [-0.2, 0) is 44.5 Å². The summed E-state index contributed by atoms with van der Waals surface area (Å²) in [6.45, 7) is 3.25. The third kappa shape index (κ3) is 4.06. The van der Waals surface area contributed by atoms with Crippen molar-refractivity contribution in [1.29, 1.82) is 0 Å². The maximum absolute atomic E-state index is 11.4. The van der Waals surface area contributed by atoms with E-state index in [0.29, 0.717) is 0 Å². The molecule has 0 aromatic heterocycles. The Morgan fingerprint density at radius 3 is 2.04 bits per heavy atom. The molecule has 2 aromatic rings. The van der Waals surface area contributed by atoms with E-state index in [0.717, 1.165) is 24.3 Å². The molecule has 1 N–H and O–H groups in total. The number of carbonyl (C=O) groups excluding carboxylic acids is 1. The van der Waals surface area contributed by atoms with Crippen LogP contribution in [0.3, 0.4) is 0 Å². The summed E-state index contributed by atoms with van der Waals surface area (Å²) in [6, 6.07) is 5.31. The number of amides is 1. The number of hydrogen-bond acceptors (Lipinski definition) is 7. The van der Waals surface area contributed by atoms with Crippen LogP contribution in [0, 0.1) is 0 Å². The van der Waals surface area contributed by atoms with Crippen LogP contribution in [0.15, 0.2) is 52.8 Å². The minimum absolute atomic E-state index is 0. The molecule has 0 bridgehead atoms. The second-order valence-corrected chi connectivity index (χ2v) is 7.09. The Hall–Kier alpha value is -1.65. The maximum Gasteiger partial charge on any atom is 2.00 e. The van der Waals surface area contributed by atoms with E-state index in [-0.39, 0.29) is 30.6 Å². The monoisotopic (exact) mass is 419 g/mol. The number of anilines is 1. The average Bonchev–Trinajstić information content (AvgIpc) is 2.44. The number of hydrogen-bond donors (Lipinski definition) is 1. The number of rotatable bonds is 4. The number of fused-ring (bicyclic) bond motifs is 1. The Kier molecular flexibility index (Phi) is 6.02. The fraction of sp³-hybridized carbons (Fsp3) is 0. The first-order valence-corrected chi connectivity index (χ1v) is 8.78. The number of nitrogens with one attached hydrogen (secondary N) is 1. The Morgan fingerprint density at radius 2 is 1.54 bits per heavy atom. The Bertz CT molecular complexity index is 991. The summed E-state index contributed by atoms with van der Waals surface area (Å²) < 4.78 is 68.2. The van der Waals surface area contributed by atoms with Gasteiger partial charge in [0.05, 0.1) is 9.79 Å². The molecular formula is C13H9NO7S2Zn. The third-order valence-electron chi connectivity index (χ3n) is 2.95. The molecule has 2 rings (SSSR count). The van der Waals surface area contributed by atoms with Crippen molar-refractivity contribution in [2.45, 2.75) is 9.79 Å². The summed E-state index contributed by atoms with van der Waals surface area (Å²) in [5, 5.41) is 1.71. The van der Waals surface area contributed by atoms with Crippen molar-refractivity contribution >= 4 is 42.6 Å². The zero-order valence-electron chi connectivity index (χ0n) is 12.1. The summed E-state index contributed by atoms with van der Waals surface area (Å²) in [4.78, 5) is 9.68. The van der Waals surface area contributed by atoms with Crippen molar-refractivity contribution in [2.24, 2.45) is 0 Å². The quantitative estimate of drug-likeness (QED) is 0.437. The number of carbonyl (C=O) groups is 1. The molecule has 122 valence electrons. The molecule has 0 radical (unpaired) electrons. The molecule has 11 heteroatoms. The molecular weight excluding hydrogens is 412 g/mol. The summed E-state index contributed by atoms with van der Waals surface area (Å²) in [6.07, 6.45) is 0.943. The first kappa shape index (κ1) is 20.4. The summed E-state index contributed by atoms with van der Waals surface area (Å²) >= 11 is 0. The zero-order valence-corrected chi connectivity index (χ0v) is 16.7. The molecule has 1 amide bonds. The molecule has 2 aromatic carbocycles. The van der Waals surface area contributed by atoms with Gasteiger partial charge in [0.25, 0.3) is 0 Å². The Labute approximate surface area is 150 Å². The first-order valence-electron chi connectivity index (χ1n) is 5.96. The van der Waals surface area contributed by atoms with E-state index in [2.05, 4.69) is 11.9 Å². The van der Waals surface area contributed by atoms with Gasteiger partial charge >= 0.3 is 19.5 Å². The van der Waals surface area contributed by atoms with Crippen LogP contribution >= 0.6 is 0 Å². The SMILES string of the molecule is C=CC(=O)Nc1ccc(S(=O)(=O)[O-])c2c(S(=O)(=O)[O-])cccc12.[Zn+2]. The van der Waals surface area contributed by atoms with Crippen molar-refractivity contribution in [3.63, 3.8) is 0 Å². The van der Waals surface area contributed by atoms with E-state index in [1.807, 2.05) is 0 Å². The van der Waals surface area contributed by atoms with Gasteiger partial charge < -0.3 is 14.4 Å². The molecule has 0 aliphatic heterocycles. The number of benzene rings is 2. The van der Waals surface area contributed by atoms with E-state index < -0.39 is 41.3 Å². The molecule has 0 saturated carbocycles. The van der Waals surface area contributed by atoms with Crippen LogP contribution in [0.25, 0.3) is 10.8 Å². The van der Waals surface area contributed by atoms with Crippen molar-refractivity contribution in [2.75, 3.05) is 5.32 Å². The molecule has 8 nitrogen and oxygen atoms in total. The van der Waals surface area contributed by atoms with Gasteiger partial charge in [-0.15, -0.1) is 0 Å². The van der Waals surface area contributed by atoms with Crippen LogP contribution in [0.2, 0.25) is 0 Å². The van der Waals surface area contributed by atoms with Gasteiger partial charge in [0.15, 0.2) is 0 Å². The van der Waals surface area contributed by atoms with E-state index in [1.165, 1.54) is 12.1 Å². The smallest absolute Gasteiger partial charge is 0.744 e. The van der Waals surface area contributed by atoms with Crippen LogP contribution in [-0.4, -0.2) is 31.8 Å². The van der Waals surface area contributed by atoms with E-state index in [1.54, 1.807) is 0 Å². The molecule has 0 heterocycles. The largest absolute Gasteiger partial charge is 2.00 e. The van der Waals surface area contributed by atoms with Crippen LogP contribution in [0.4, 0.5) is 5.69 Å². The Morgan fingerprint density at radius 1 is 1.00 bits per heavy atom. The predicted molar refractivity (Wildman–Crippen MR) is 78.7 cm³/mol. The molecule has 0 fully saturated rings. The van der Waals surface area contributed by atoms with Crippen molar-refractivity contribution in [3.8, 4) is 0 Å². The van der Waals surface area contributed by atoms with Gasteiger partial charge in [0, 0.05) is 16.5 Å². The fourth-order valence-electron chi connectivity index (χ4n) is 2.05. The second-order valence-electron chi connectivity index (χ2n) is 4.39. The zero-order chi connectivity index (χ0) is 17.4. The molecule has 0 saturated heterocycles. The van der Waals surface area contributed by atoms with E-state index >= 15 is 0 Å². The van der Waals surface area contributed by atoms with Crippen molar-refractivity contribution in [1.82, 2.24) is 0 Å². The summed E-state index contributed by atoms with van der Waals surface area (Å²) in [7, 11) is -10.1. The topological polar surface area (TPSA) is 144 Å². The third-order valence-corrected chi connectivity index (χ3v) is 4.70. The molecule has 0 aliphatic rings. The maximum atomic E-state index is 11.4. The van der Waals surface area contributed by atoms with Gasteiger partial charge in [-0.1, -0.05) is 18.7 Å². The van der Waals surface area contributed by atoms with Gasteiger partial charge in [-0.3, -0.25) is 4.79 Å². The predicted octanol–water partition coefficient (Wildman–Crippen LogP) is 0.770. The average molecular weight is 421 g/mol. The standard InChI is InChI=1S/C13H11NO7S2.Zn/c1-2-12(15)14-9-6-7-11(23(19,20)21)13-8(9)4-3-5-10(13)22(16,17)18;/h2-7H,1H2,(H,14,15)(H,16,17,18)(H,19,20,21);/q;+2/p-2. The molecule has 0 aliphatic carbocycles. The van der Waals surface area contributed by atoms with Gasteiger partial charge in [-0.25, -0.2) is 16.8 Å². The van der Waals surface area contributed by atoms with Gasteiger partial charge in [-0.05, 0) is 24.3 Å². The van der Waals surface area contributed by atoms with Crippen LogP contribution in [0.1, 0.15) is 0 Å². The summed E-state index contributed by atoms with van der Waals surface area (Å²) in [5.74, 6) is -0.639. The van der Waals surface area contributed by atoms with Gasteiger partial charge in [0.2, 0.25) is 5.91 Å². The minimum Gasteiger partial charge on any atom is -0.744 e. The molecule has 0 unspecified atom stereocenters. The fourth-order valence-corrected chi connectivity index (χ4v) is 3.54. The Balaban J connectivity index is 0.00000288. The van der Waals surface area contributed by atoms with E-state index in [9.17, 15) is 30.7 Å². The summed E-state index contributed by atoms with van der Waals surface area (Å²) in [5.41, 5.74) is 0.0304. The molecule has 24 heavy (non-hydrogen) atoms. The second kappa shape index (κ2) is 7.08. The normalized spacial score (nSPS) is 11.6. The minimum atomic E-state index is -5.05. The van der Waals surface area contributed by atoms with Crippen LogP contribution < -0.4 is 5.32 Å².